The number of hydrogen-bond donors (Lipinski definition) is 5. The van der Waals surface area contributed by atoms with E-state index in [1.807, 2.05) is 51.3 Å². The third-order valence-electron chi connectivity index (χ3n) is 12.0. The zero-order chi connectivity index (χ0) is 53.8. The van der Waals surface area contributed by atoms with Crippen LogP contribution < -0.4 is 0 Å². The van der Waals surface area contributed by atoms with Crippen molar-refractivity contribution in [2.24, 2.45) is 0 Å². The highest BCUT2D eigenvalue weighted by Crippen LogP contribution is 2.92. The van der Waals surface area contributed by atoms with Gasteiger partial charge in [0.2, 0.25) is 7.37 Å². The molecule has 17 heteroatoms. The van der Waals surface area contributed by atoms with Crippen LogP contribution in [0.25, 0.3) is 0 Å². The second-order valence-corrected chi connectivity index (χ2v) is 55.3. The molecule has 0 aliphatic heterocycles. The lowest BCUT2D eigenvalue weighted by Gasteiger charge is -2.59. The molecule has 0 aromatic heterocycles. The Bertz CT molecular complexity index is 1590. The van der Waals surface area contributed by atoms with Crippen molar-refractivity contribution in [3.63, 3.8) is 0 Å². The van der Waals surface area contributed by atoms with E-state index < -0.39 is 85.9 Å². The molecule has 0 saturated carbocycles. The van der Waals surface area contributed by atoms with E-state index in [9.17, 15) is 32.0 Å². The molecule has 1 N–H and O–H groups in total. The van der Waals surface area contributed by atoms with Gasteiger partial charge in [-0.15, -0.1) is 0 Å². The van der Waals surface area contributed by atoms with Crippen LogP contribution in [0.5, 0.6) is 0 Å². The van der Waals surface area contributed by atoms with Crippen LogP contribution in [0.2, 0.25) is 0 Å². The highest BCUT2D eigenvalue weighted by atomic mass is 33.2. The number of ketones is 1. The number of esters is 3. The van der Waals surface area contributed by atoms with Crippen LogP contribution in [-0.4, -0.2) is 139 Å². The Hall–Kier alpha value is 0.960. The van der Waals surface area contributed by atoms with Gasteiger partial charge < -0.3 is 19.1 Å². The molecule has 0 spiro atoms. The molecule has 0 bridgehead atoms. The number of ether oxygens (including phenoxy) is 3. The third-order valence-corrected chi connectivity index (χ3v) is 55.0. The van der Waals surface area contributed by atoms with Crippen LogP contribution in [0, 0.1) is 0 Å². The largest absolute Gasteiger partial charge is 0.462 e. The minimum atomic E-state index is -3.95. The second-order valence-electron chi connectivity index (χ2n) is 19.9. The van der Waals surface area contributed by atoms with Crippen LogP contribution in [-0.2, 0) is 38.0 Å². The van der Waals surface area contributed by atoms with Crippen molar-refractivity contribution >= 4 is 91.6 Å². The average Bonchev–Trinajstić information content (AvgIpc) is 3.22. The summed E-state index contributed by atoms with van der Waals surface area (Å²) in [6.45, 7) is 11.2. The van der Waals surface area contributed by atoms with Gasteiger partial charge in [0.1, 0.15) is 19.0 Å². The normalized spacial score (nSPS) is 21.0. The first kappa shape index (κ1) is 59.5. The minimum Gasteiger partial charge on any atom is -0.462 e. The van der Waals surface area contributed by atoms with Crippen LogP contribution >= 0.6 is 67.9 Å². The van der Waals surface area contributed by atoms with Crippen LogP contribution in [0.1, 0.15) is 181 Å². The topological polar surface area (TPSA) is 133 Å². The predicted octanol–water partition coefficient (Wildman–Crippen LogP) is 15.4. The zero-order valence-electron chi connectivity index (χ0n) is 48.3. The van der Waals surface area contributed by atoms with Crippen molar-refractivity contribution < 1.29 is 42.8 Å². The monoisotopic (exact) mass is 1100 g/mol. The second kappa shape index (κ2) is 38.6. The van der Waals surface area contributed by atoms with Gasteiger partial charge >= 0.3 is 17.9 Å². The average molecular weight is 1100 g/mol. The van der Waals surface area contributed by atoms with Crippen molar-refractivity contribution in [3.8, 4) is 0 Å². The molecule has 400 valence electrons. The SMILES string of the molecule is [3H]S(C)(CP(C)S([3H])(C)CP(C)(=O)O)P(C)CS([3H])(C)P(C)S([3H])(C)(C)(C)CC(=O)CCC(=O)OC[C@H](COC(=O)CCCCCCCCCCCCC)OC(=O)CCCCCCCCCCCCC. The Morgan fingerprint density at radius 3 is 1.38 bits per heavy atom. The Morgan fingerprint density at radius 2 is 0.955 bits per heavy atom. The summed E-state index contributed by atoms with van der Waals surface area (Å²) < 4.78 is 67.0. The van der Waals surface area contributed by atoms with E-state index in [0.29, 0.717) is 17.4 Å². The number of rotatable bonds is 44. The van der Waals surface area contributed by atoms with E-state index in [1.54, 1.807) is 6.26 Å². The summed E-state index contributed by atoms with van der Waals surface area (Å²) in [6.07, 6.45) is 34.5. The molecule has 66 heavy (non-hydrogen) atoms. The molecule has 0 aliphatic rings. The maximum Gasteiger partial charge on any atom is 0.306 e. The van der Waals surface area contributed by atoms with E-state index in [4.69, 9.17) is 15.3 Å². The number of thiol groups is 4. The molecule has 7 unspecified atom stereocenters. The molecule has 0 amide bonds. The standard InChI is InChI=1S/C49H106O9P4S4/c1-13-15-17-19-21-23-25-27-29-31-33-35-47(51)56-39-46(58-49(53)36-34-32-30-28-26-24-22-20-18-16-14-2)40-57-48(52)38-37-45(50)41-66(10,11,12)61(5)64(8)43-59(3)63(7)42-60(4)65(9)44-62(6,54)55/h46,63-66H,13-44H2,1-12H3,(H,54,55)/t46-,59?,60?,61?/m0/s1/i63T,64T,65T,66T. The fourth-order valence-corrected chi connectivity index (χ4v) is 52.1. The first-order chi connectivity index (χ1) is 32.2. The smallest absolute Gasteiger partial charge is 0.306 e. The van der Waals surface area contributed by atoms with E-state index in [1.165, 1.54) is 96.6 Å². The Kier molecular flexibility index (Phi) is 34.8. The van der Waals surface area contributed by atoms with E-state index in [-0.39, 0.29) is 61.9 Å². The van der Waals surface area contributed by atoms with Crippen molar-refractivity contribution in [1.29, 1.82) is 4.50 Å². The first-order valence-corrected chi connectivity index (χ1v) is 44.5. The van der Waals surface area contributed by atoms with Crippen molar-refractivity contribution in [2.75, 3.05) is 99.6 Å². The maximum atomic E-state index is 13.7. The van der Waals surface area contributed by atoms with Gasteiger partial charge in [-0.05, 0) is 76.7 Å². The summed E-state index contributed by atoms with van der Waals surface area (Å²) in [6, 6.07) is 0. The number of carbonyl (C=O) groups is 4. The van der Waals surface area contributed by atoms with Gasteiger partial charge in [-0.3, -0.25) is 32.4 Å². The molecule has 0 heterocycles. The minimum absolute atomic E-state index is 0.0335. The molecule has 0 aromatic rings. The highest BCUT2D eigenvalue weighted by molar-refractivity contribution is 9.10. The molecule has 0 radical (unpaired) electrons. The number of unbranched alkanes of at least 4 members (excludes halogenated alkanes) is 20. The lowest BCUT2D eigenvalue weighted by Crippen LogP contribution is -2.31. The molecule has 0 rings (SSSR count). The Labute approximate surface area is 423 Å². The quantitative estimate of drug-likeness (QED) is 0.0133. The van der Waals surface area contributed by atoms with Crippen LogP contribution in [0.4, 0.5) is 0 Å². The van der Waals surface area contributed by atoms with E-state index in [0.717, 1.165) is 44.9 Å². The molecule has 0 saturated heterocycles. The summed E-state index contributed by atoms with van der Waals surface area (Å²) in [5.41, 5.74) is 0.983. The predicted molar refractivity (Wildman–Crippen MR) is 313 cm³/mol. The first-order valence-electron chi connectivity index (χ1n) is 26.8. The number of hydrogen-bond acceptors (Lipinski definition) is 8. The molecule has 0 aliphatic carbocycles. The summed E-state index contributed by atoms with van der Waals surface area (Å²) in [5.74, 6) is -1.79. The molecule has 0 aromatic carbocycles. The zero-order valence-corrected chi connectivity index (χ0v) is 51.2. The van der Waals surface area contributed by atoms with Gasteiger partial charge in [-0.2, -0.15) is 0 Å². The van der Waals surface area contributed by atoms with Crippen LogP contribution in [0.3, 0.4) is 0 Å². The number of Topliss-reactive ketones (excluding diaryl/α,β-unsaturated/α-hetero) is 1. The van der Waals surface area contributed by atoms with E-state index >= 15 is 0 Å². The van der Waals surface area contributed by atoms with Gasteiger partial charge in [0.15, 0.2) is 6.10 Å². The van der Waals surface area contributed by atoms with Crippen molar-refractivity contribution in [2.45, 2.75) is 187 Å². The maximum absolute atomic E-state index is 13.7. The molecular formula is C49H106O9P4S4. The van der Waals surface area contributed by atoms with Gasteiger partial charge in [-0.25, -0.2) is 31.3 Å². The molecular weight excluding hydrogens is 985 g/mol. The van der Waals surface area contributed by atoms with Gasteiger partial charge in [0, 0.05) is 42.7 Å². The summed E-state index contributed by atoms with van der Waals surface area (Å²) in [5, 5.41) is 0. The van der Waals surface area contributed by atoms with Crippen LogP contribution in [0.15, 0.2) is 0 Å². The molecule has 9 nitrogen and oxygen atoms in total. The molecule has 8 atom stereocenters. The van der Waals surface area contributed by atoms with E-state index in [2.05, 4.69) is 13.8 Å². The lowest BCUT2D eigenvalue weighted by atomic mass is 10.1. The van der Waals surface area contributed by atoms with Crippen molar-refractivity contribution in [1.82, 2.24) is 0 Å². The fraction of sp³-hybridized carbons (Fsp3) is 0.918. The summed E-state index contributed by atoms with van der Waals surface area (Å²) in [4.78, 5) is 62.5. The number of carbonyl (C=O) groups excluding carboxylic acids is 4. The lowest BCUT2D eigenvalue weighted by molar-refractivity contribution is -0.167. The van der Waals surface area contributed by atoms with Crippen molar-refractivity contribution in [3.05, 3.63) is 0 Å². The highest BCUT2D eigenvalue weighted by Gasteiger charge is 2.37. The molecule has 0 fully saturated rings. The fourth-order valence-electron chi connectivity index (χ4n) is 7.51. The van der Waals surface area contributed by atoms with Gasteiger partial charge in [0.05, 0.1) is 16.4 Å². The van der Waals surface area contributed by atoms with Gasteiger partial charge in [-0.1, -0.05) is 157 Å². The summed E-state index contributed by atoms with van der Waals surface area (Å²) >= 11 is 0. The van der Waals surface area contributed by atoms with Gasteiger partial charge in [0.25, 0.3) is 0 Å². The Balaban J connectivity index is 5.41. The Morgan fingerprint density at radius 1 is 0.591 bits per heavy atom. The third kappa shape index (κ3) is 36.8. The summed E-state index contributed by atoms with van der Waals surface area (Å²) in [7, 11) is -15.5.